The average molecular weight is 572 g/mol. The number of hydrazine groups is 1. The number of urea groups is 1. The first-order valence-electron chi connectivity index (χ1n) is 13.2. The molecule has 0 spiro atoms. The molecule has 13 heteroatoms. The number of pyridine rings is 1. The van der Waals surface area contributed by atoms with Gasteiger partial charge in [0.2, 0.25) is 6.41 Å². The number of hydrogen-bond acceptors (Lipinski definition) is 8. The molecule has 11 nitrogen and oxygen atoms in total. The number of benzene rings is 1. The number of hydrogen-bond donors (Lipinski definition) is 0. The second-order valence-electron chi connectivity index (χ2n) is 9.73. The van der Waals surface area contributed by atoms with E-state index in [4.69, 9.17) is 9.47 Å². The molecule has 2 unspecified atom stereocenters. The molecule has 2 atom stereocenters. The second-order valence-corrected chi connectivity index (χ2v) is 9.73. The van der Waals surface area contributed by atoms with Gasteiger partial charge in [-0.05, 0) is 68.7 Å². The Balaban J connectivity index is 1.54. The van der Waals surface area contributed by atoms with E-state index in [1.807, 2.05) is 18.2 Å². The van der Waals surface area contributed by atoms with E-state index in [-0.39, 0.29) is 12.1 Å². The van der Waals surface area contributed by atoms with E-state index in [2.05, 4.69) is 14.9 Å². The SMILES string of the molecule is COC(=O)C1=NC(=O)N(N(C=O)CCCN2CCC(c3ccccn3)CC2)C(c2ccc(F)c(F)c2)C1C(=O)OC. The standard InChI is InChI=1S/C28H31F2N5O6/c1-40-26(37)23-24(27(38)41-2)32-28(39)35(25(23)19-7-8-20(29)21(30)16-19)34(17-36)13-5-12-33-14-9-18(10-15-33)22-6-3-4-11-31-22/h3-4,6-8,11,16-18,23,25H,5,9-10,12-15H2,1-2H3. The van der Waals surface area contributed by atoms with Crippen LogP contribution >= 0.6 is 0 Å². The van der Waals surface area contributed by atoms with Gasteiger partial charge in [0.1, 0.15) is 11.6 Å². The summed E-state index contributed by atoms with van der Waals surface area (Å²) in [6.45, 7) is 2.33. The molecule has 1 fully saturated rings. The number of aliphatic imine (C=N–C) groups is 1. The van der Waals surface area contributed by atoms with Gasteiger partial charge in [0.05, 0.1) is 20.3 Å². The van der Waals surface area contributed by atoms with Crippen LogP contribution in [0, 0.1) is 17.6 Å². The Kier molecular flexibility index (Phi) is 9.71. The third kappa shape index (κ3) is 6.56. The summed E-state index contributed by atoms with van der Waals surface area (Å²) in [4.78, 5) is 61.4. The maximum atomic E-state index is 14.3. The Morgan fingerprint density at radius 3 is 2.46 bits per heavy atom. The van der Waals surface area contributed by atoms with Gasteiger partial charge in [0, 0.05) is 24.4 Å². The number of aromatic nitrogens is 1. The Morgan fingerprint density at radius 2 is 1.85 bits per heavy atom. The highest BCUT2D eigenvalue weighted by molar-refractivity contribution is 6.42. The molecule has 1 aromatic heterocycles. The molecule has 2 aromatic rings. The number of amides is 3. The van der Waals surface area contributed by atoms with E-state index < -0.39 is 47.3 Å². The number of carbonyl (C=O) groups is 4. The van der Waals surface area contributed by atoms with Crippen molar-refractivity contribution in [1.29, 1.82) is 0 Å². The molecule has 0 radical (unpaired) electrons. The van der Waals surface area contributed by atoms with Crippen LogP contribution in [0.4, 0.5) is 13.6 Å². The number of rotatable bonds is 10. The predicted octanol–water partition coefficient (Wildman–Crippen LogP) is 2.88. The molecule has 0 N–H and O–H groups in total. The van der Waals surface area contributed by atoms with Crippen molar-refractivity contribution in [3.63, 3.8) is 0 Å². The molecule has 3 amide bonds. The summed E-state index contributed by atoms with van der Waals surface area (Å²) in [6, 6.07) is 6.17. The number of nitrogens with zero attached hydrogens (tertiary/aromatic N) is 5. The van der Waals surface area contributed by atoms with Gasteiger partial charge in [-0.15, -0.1) is 0 Å². The first kappa shape index (κ1) is 29.7. The van der Waals surface area contributed by atoms with E-state index >= 15 is 0 Å². The fraction of sp³-hybridized carbons (Fsp3) is 0.429. The number of piperidine rings is 1. The number of halogens is 2. The van der Waals surface area contributed by atoms with Crippen LogP contribution in [0.3, 0.4) is 0 Å². The van der Waals surface area contributed by atoms with E-state index in [1.165, 1.54) is 0 Å². The van der Waals surface area contributed by atoms with Crippen LogP contribution in [-0.2, 0) is 23.9 Å². The fourth-order valence-electron chi connectivity index (χ4n) is 5.32. The molecule has 4 rings (SSSR count). The van der Waals surface area contributed by atoms with E-state index in [0.29, 0.717) is 25.3 Å². The summed E-state index contributed by atoms with van der Waals surface area (Å²) in [7, 11) is 2.11. The highest BCUT2D eigenvalue weighted by Gasteiger charge is 2.49. The molecular formula is C28H31F2N5O6. The normalized spacial score (nSPS) is 19.9. The zero-order chi connectivity index (χ0) is 29.5. The van der Waals surface area contributed by atoms with Crippen molar-refractivity contribution in [2.75, 3.05) is 40.4 Å². The van der Waals surface area contributed by atoms with Crippen LogP contribution < -0.4 is 0 Å². The van der Waals surface area contributed by atoms with Crippen molar-refractivity contribution in [3.05, 3.63) is 65.5 Å². The van der Waals surface area contributed by atoms with Gasteiger partial charge in [0.25, 0.3) is 0 Å². The minimum absolute atomic E-state index is 0.0482. The highest BCUT2D eigenvalue weighted by Crippen LogP contribution is 2.37. The van der Waals surface area contributed by atoms with Crippen LogP contribution in [-0.4, -0.2) is 90.4 Å². The lowest BCUT2D eigenvalue weighted by molar-refractivity contribution is -0.151. The van der Waals surface area contributed by atoms with Crippen molar-refractivity contribution in [3.8, 4) is 0 Å². The molecule has 3 heterocycles. The van der Waals surface area contributed by atoms with E-state index in [0.717, 1.165) is 74.1 Å². The van der Waals surface area contributed by atoms with Crippen LogP contribution in [0.15, 0.2) is 47.6 Å². The largest absolute Gasteiger partial charge is 0.468 e. The monoisotopic (exact) mass is 571 g/mol. The quantitative estimate of drug-likeness (QED) is 0.315. The molecule has 1 saturated heterocycles. The summed E-state index contributed by atoms with van der Waals surface area (Å²) < 4.78 is 37.7. The van der Waals surface area contributed by atoms with Gasteiger partial charge >= 0.3 is 18.0 Å². The maximum absolute atomic E-state index is 14.3. The number of ether oxygens (including phenoxy) is 2. The third-order valence-corrected chi connectivity index (χ3v) is 7.37. The Morgan fingerprint density at radius 1 is 1.10 bits per heavy atom. The molecule has 0 saturated carbocycles. The van der Waals surface area contributed by atoms with Gasteiger partial charge in [-0.25, -0.2) is 23.4 Å². The summed E-state index contributed by atoms with van der Waals surface area (Å²) in [5.41, 5.74) is 0.447. The number of esters is 2. The fourth-order valence-corrected chi connectivity index (χ4v) is 5.32. The molecule has 41 heavy (non-hydrogen) atoms. The van der Waals surface area contributed by atoms with Crippen molar-refractivity contribution < 1.29 is 37.4 Å². The molecular weight excluding hydrogens is 540 g/mol. The first-order valence-corrected chi connectivity index (χ1v) is 13.2. The van der Waals surface area contributed by atoms with Crippen LogP contribution in [0.2, 0.25) is 0 Å². The van der Waals surface area contributed by atoms with Gasteiger partial charge in [0.15, 0.2) is 11.6 Å². The summed E-state index contributed by atoms with van der Waals surface area (Å²) in [5, 5.41) is 1.91. The van der Waals surface area contributed by atoms with E-state index in [1.54, 1.807) is 6.20 Å². The van der Waals surface area contributed by atoms with Crippen molar-refractivity contribution in [2.24, 2.45) is 10.9 Å². The number of carbonyl (C=O) groups excluding carboxylic acids is 4. The molecule has 2 aliphatic rings. The lowest BCUT2D eigenvalue weighted by atomic mass is 9.86. The molecule has 0 bridgehead atoms. The summed E-state index contributed by atoms with van der Waals surface area (Å²) in [6.07, 6.45) is 4.50. The van der Waals surface area contributed by atoms with Gasteiger partial charge in [-0.1, -0.05) is 12.1 Å². The lowest BCUT2D eigenvalue weighted by Crippen LogP contribution is -2.56. The van der Waals surface area contributed by atoms with Crippen molar-refractivity contribution in [1.82, 2.24) is 19.9 Å². The van der Waals surface area contributed by atoms with Gasteiger partial charge < -0.3 is 14.4 Å². The van der Waals surface area contributed by atoms with Crippen LogP contribution in [0.1, 0.15) is 42.5 Å². The highest BCUT2D eigenvalue weighted by atomic mass is 19.2. The first-order chi connectivity index (χ1) is 19.8. The Hall–Kier alpha value is -4.26. The summed E-state index contributed by atoms with van der Waals surface area (Å²) in [5.74, 6) is -5.66. The molecule has 0 aliphatic carbocycles. The zero-order valence-electron chi connectivity index (χ0n) is 22.7. The van der Waals surface area contributed by atoms with Crippen LogP contribution in [0.5, 0.6) is 0 Å². The molecule has 1 aromatic carbocycles. The third-order valence-electron chi connectivity index (χ3n) is 7.37. The topological polar surface area (TPSA) is 122 Å². The zero-order valence-corrected chi connectivity index (χ0v) is 22.7. The lowest BCUT2D eigenvalue weighted by Gasteiger charge is -2.42. The smallest absolute Gasteiger partial charge is 0.363 e. The Labute approximate surface area is 235 Å². The van der Waals surface area contributed by atoms with Crippen LogP contribution in [0.25, 0.3) is 0 Å². The van der Waals surface area contributed by atoms with Crippen molar-refractivity contribution >= 4 is 30.1 Å². The number of methoxy groups -OCH3 is 2. The summed E-state index contributed by atoms with van der Waals surface area (Å²) >= 11 is 0. The minimum Gasteiger partial charge on any atom is -0.468 e. The second kappa shape index (κ2) is 13.4. The average Bonchev–Trinajstić information content (AvgIpc) is 3.00. The van der Waals surface area contributed by atoms with Crippen molar-refractivity contribution in [2.45, 2.75) is 31.2 Å². The van der Waals surface area contributed by atoms with Gasteiger partial charge in [-0.3, -0.25) is 19.6 Å². The van der Waals surface area contributed by atoms with E-state index in [9.17, 15) is 28.0 Å². The maximum Gasteiger partial charge on any atom is 0.363 e. The molecule has 2 aliphatic heterocycles. The van der Waals surface area contributed by atoms with Gasteiger partial charge in [-0.2, -0.15) is 4.99 Å². The predicted molar refractivity (Wildman–Crippen MR) is 141 cm³/mol. The number of likely N-dealkylation sites (tertiary alicyclic amines) is 1. The molecule has 218 valence electrons. The minimum atomic E-state index is -1.58. The Bertz CT molecular complexity index is 1300.